The lowest BCUT2D eigenvalue weighted by Crippen LogP contribution is -2.43. The van der Waals surface area contributed by atoms with Crippen molar-refractivity contribution in [3.63, 3.8) is 0 Å². The van der Waals surface area contributed by atoms with Crippen LogP contribution in [0.2, 0.25) is 0 Å². The fourth-order valence-corrected chi connectivity index (χ4v) is 2.66. The van der Waals surface area contributed by atoms with Crippen LogP contribution in [0.1, 0.15) is 68.1 Å². The zero-order valence-corrected chi connectivity index (χ0v) is 12.5. The Kier molecular flexibility index (Phi) is 4.98. The minimum absolute atomic E-state index is 0.0186. The van der Waals surface area contributed by atoms with Gasteiger partial charge < -0.3 is 14.5 Å². The summed E-state index contributed by atoms with van der Waals surface area (Å²) < 4.78 is 5.16. The van der Waals surface area contributed by atoms with Crippen molar-refractivity contribution in [1.82, 2.24) is 10.1 Å². The predicted octanol–water partition coefficient (Wildman–Crippen LogP) is 2.66. The van der Waals surface area contributed by atoms with Crippen molar-refractivity contribution >= 4 is 11.9 Å². The summed E-state index contributed by atoms with van der Waals surface area (Å²) in [5, 5.41) is 12.7. The smallest absolute Gasteiger partial charge is 0.303 e. The third kappa shape index (κ3) is 3.83. The Hall–Kier alpha value is -1.85. The van der Waals surface area contributed by atoms with Gasteiger partial charge in [0, 0.05) is 25.1 Å². The minimum atomic E-state index is -0.824. The standard InChI is InChI=1S/C15H22N2O4/c1-10(2)12-9-13(21-16-12)15(20)17-8-4-3-5-11(17)6-7-14(18)19/h9-11H,3-8H2,1-2H3,(H,18,19). The first-order valence-corrected chi connectivity index (χ1v) is 7.48. The summed E-state index contributed by atoms with van der Waals surface area (Å²) in [5.41, 5.74) is 0.762. The second-order valence-electron chi connectivity index (χ2n) is 5.85. The number of carbonyl (C=O) groups excluding carboxylic acids is 1. The molecule has 1 aromatic rings. The van der Waals surface area contributed by atoms with Gasteiger partial charge in [-0.3, -0.25) is 9.59 Å². The Bertz CT molecular complexity index is 510. The van der Waals surface area contributed by atoms with Crippen molar-refractivity contribution in [2.75, 3.05) is 6.54 Å². The number of piperidine rings is 1. The van der Waals surface area contributed by atoms with Crippen LogP contribution < -0.4 is 0 Å². The maximum absolute atomic E-state index is 12.5. The molecule has 1 unspecified atom stereocenters. The number of carbonyl (C=O) groups is 2. The third-order valence-electron chi connectivity index (χ3n) is 3.91. The van der Waals surface area contributed by atoms with Crippen LogP contribution in [0.4, 0.5) is 0 Å². The second-order valence-corrected chi connectivity index (χ2v) is 5.85. The lowest BCUT2D eigenvalue weighted by Gasteiger charge is -2.34. The summed E-state index contributed by atoms with van der Waals surface area (Å²) in [4.78, 5) is 25.0. The molecule has 0 saturated carbocycles. The first-order valence-electron chi connectivity index (χ1n) is 7.48. The van der Waals surface area contributed by atoms with Crippen molar-refractivity contribution in [2.45, 2.75) is 57.9 Å². The fraction of sp³-hybridized carbons (Fsp3) is 0.667. The zero-order chi connectivity index (χ0) is 15.4. The van der Waals surface area contributed by atoms with Gasteiger partial charge in [-0.1, -0.05) is 19.0 Å². The molecule has 0 spiro atoms. The highest BCUT2D eigenvalue weighted by Gasteiger charge is 2.30. The van der Waals surface area contributed by atoms with Gasteiger partial charge in [-0.05, 0) is 31.6 Å². The van der Waals surface area contributed by atoms with E-state index < -0.39 is 5.97 Å². The maximum atomic E-state index is 12.5. The molecule has 1 atom stereocenters. The van der Waals surface area contributed by atoms with Crippen molar-refractivity contribution in [3.8, 4) is 0 Å². The van der Waals surface area contributed by atoms with Crippen LogP contribution >= 0.6 is 0 Å². The monoisotopic (exact) mass is 294 g/mol. The molecule has 1 aliphatic rings. The largest absolute Gasteiger partial charge is 0.481 e. The van der Waals surface area contributed by atoms with E-state index in [1.54, 1.807) is 11.0 Å². The molecule has 1 amide bonds. The molecule has 1 fully saturated rings. The number of amides is 1. The highest BCUT2D eigenvalue weighted by Crippen LogP contribution is 2.24. The van der Waals surface area contributed by atoms with Gasteiger partial charge >= 0.3 is 5.97 Å². The van der Waals surface area contributed by atoms with Crippen LogP contribution in [0.3, 0.4) is 0 Å². The highest BCUT2D eigenvalue weighted by molar-refractivity contribution is 5.91. The van der Waals surface area contributed by atoms with Gasteiger partial charge in [0.15, 0.2) is 0 Å². The molecular formula is C15H22N2O4. The number of likely N-dealkylation sites (tertiary alicyclic amines) is 1. The number of rotatable bonds is 5. The number of carboxylic acid groups (broad SMARTS) is 1. The Balaban J connectivity index is 2.08. The molecule has 0 aromatic carbocycles. The summed E-state index contributed by atoms with van der Waals surface area (Å²) in [6.45, 7) is 4.63. The molecular weight excluding hydrogens is 272 g/mol. The topological polar surface area (TPSA) is 83.6 Å². The van der Waals surface area contributed by atoms with E-state index in [1.807, 2.05) is 13.8 Å². The maximum Gasteiger partial charge on any atom is 0.303 e. The lowest BCUT2D eigenvalue weighted by atomic mass is 9.97. The van der Waals surface area contributed by atoms with Crippen molar-refractivity contribution in [1.29, 1.82) is 0 Å². The van der Waals surface area contributed by atoms with Crippen molar-refractivity contribution < 1.29 is 19.2 Å². The quantitative estimate of drug-likeness (QED) is 0.902. The summed E-state index contributed by atoms with van der Waals surface area (Å²) in [6.07, 6.45) is 3.40. The number of carboxylic acids is 1. The molecule has 0 bridgehead atoms. The third-order valence-corrected chi connectivity index (χ3v) is 3.91. The average molecular weight is 294 g/mol. The minimum Gasteiger partial charge on any atom is -0.481 e. The van der Waals surface area contributed by atoms with Crippen LogP contribution in [0.25, 0.3) is 0 Å². The Morgan fingerprint density at radius 2 is 2.24 bits per heavy atom. The molecule has 21 heavy (non-hydrogen) atoms. The summed E-state index contributed by atoms with van der Waals surface area (Å²) in [7, 11) is 0. The number of hydrogen-bond acceptors (Lipinski definition) is 4. The molecule has 2 heterocycles. The summed E-state index contributed by atoms with van der Waals surface area (Å²) in [5.74, 6) is -0.542. The molecule has 2 rings (SSSR count). The van der Waals surface area contributed by atoms with E-state index >= 15 is 0 Å². The van der Waals surface area contributed by atoms with E-state index in [-0.39, 0.29) is 30.0 Å². The van der Waals surface area contributed by atoms with Crippen LogP contribution in [0.15, 0.2) is 10.6 Å². The van der Waals surface area contributed by atoms with E-state index in [2.05, 4.69) is 5.16 Å². The van der Waals surface area contributed by atoms with Crippen LogP contribution in [-0.2, 0) is 4.79 Å². The molecule has 1 N–H and O–H groups in total. The second kappa shape index (κ2) is 6.74. The molecule has 1 saturated heterocycles. The average Bonchev–Trinajstić information content (AvgIpc) is 2.94. The van der Waals surface area contributed by atoms with Crippen molar-refractivity contribution in [2.24, 2.45) is 0 Å². The molecule has 1 aliphatic heterocycles. The van der Waals surface area contributed by atoms with Crippen LogP contribution in [0.5, 0.6) is 0 Å². The van der Waals surface area contributed by atoms with E-state index in [9.17, 15) is 9.59 Å². The first-order chi connectivity index (χ1) is 9.99. The Morgan fingerprint density at radius 3 is 2.86 bits per heavy atom. The van der Waals surface area contributed by atoms with Gasteiger partial charge in [0.05, 0.1) is 5.69 Å². The van der Waals surface area contributed by atoms with E-state index in [1.165, 1.54) is 0 Å². The molecule has 0 radical (unpaired) electrons. The van der Waals surface area contributed by atoms with E-state index in [0.717, 1.165) is 25.0 Å². The zero-order valence-electron chi connectivity index (χ0n) is 12.5. The van der Waals surface area contributed by atoms with Crippen molar-refractivity contribution in [3.05, 3.63) is 17.5 Å². The molecule has 6 heteroatoms. The van der Waals surface area contributed by atoms with Gasteiger partial charge in [-0.2, -0.15) is 0 Å². The Morgan fingerprint density at radius 1 is 1.48 bits per heavy atom. The van der Waals surface area contributed by atoms with Crippen LogP contribution in [0, 0.1) is 0 Å². The first kappa shape index (κ1) is 15.5. The molecule has 116 valence electrons. The SMILES string of the molecule is CC(C)c1cc(C(=O)N2CCCCC2CCC(=O)O)on1. The van der Waals surface area contributed by atoms with Crippen LogP contribution in [-0.4, -0.2) is 39.6 Å². The number of hydrogen-bond donors (Lipinski definition) is 1. The number of aromatic nitrogens is 1. The van der Waals surface area contributed by atoms with E-state index in [0.29, 0.717) is 13.0 Å². The molecule has 0 aliphatic carbocycles. The fourth-order valence-electron chi connectivity index (χ4n) is 2.66. The number of aliphatic carboxylic acids is 1. The number of nitrogens with zero attached hydrogens (tertiary/aromatic N) is 2. The van der Waals surface area contributed by atoms with E-state index in [4.69, 9.17) is 9.63 Å². The van der Waals surface area contributed by atoms with Gasteiger partial charge in [-0.25, -0.2) is 0 Å². The van der Waals surface area contributed by atoms with Gasteiger partial charge in [-0.15, -0.1) is 0 Å². The predicted molar refractivity (Wildman–Crippen MR) is 76.1 cm³/mol. The molecule has 6 nitrogen and oxygen atoms in total. The lowest BCUT2D eigenvalue weighted by molar-refractivity contribution is -0.137. The summed E-state index contributed by atoms with van der Waals surface area (Å²) in [6, 6.07) is 1.67. The van der Waals surface area contributed by atoms with Gasteiger partial charge in [0.2, 0.25) is 5.76 Å². The highest BCUT2D eigenvalue weighted by atomic mass is 16.5. The summed E-state index contributed by atoms with van der Waals surface area (Å²) >= 11 is 0. The Labute approximate surface area is 124 Å². The molecule has 1 aromatic heterocycles. The van der Waals surface area contributed by atoms with Gasteiger partial charge in [0.25, 0.3) is 5.91 Å². The van der Waals surface area contributed by atoms with Gasteiger partial charge in [0.1, 0.15) is 0 Å². The normalized spacial score (nSPS) is 19.0.